The average Bonchev–Trinajstić information content (AvgIpc) is 2.95. The first kappa shape index (κ1) is 18.1. The Bertz CT molecular complexity index is 957. The SMILES string of the molecule is COC(=O)c1ccc(/C=C2\CC(=O)N(c3ccc(C(=O)O)cc3)C2=O)cc1. The molecule has 1 fully saturated rings. The highest BCUT2D eigenvalue weighted by atomic mass is 16.5. The lowest BCUT2D eigenvalue weighted by Crippen LogP contribution is -2.28. The molecule has 1 aliphatic rings. The zero-order valence-corrected chi connectivity index (χ0v) is 14.3. The Balaban J connectivity index is 1.84. The lowest BCUT2D eigenvalue weighted by atomic mass is 10.1. The lowest BCUT2D eigenvalue weighted by molar-refractivity contribution is -0.120. The van der Waals surface area contributed by atoms with Gasteiger partial charge in [0.1, 0.15) is 0 Å². The molecule has 2 aromatic carbocycles. The number of anilines is 1. The molecule has 0 spiro atoms. The number of carboxylic acids is 1. The van der Waals surface area contributed by atoms with Crippen molar-refractivity contribution < 1.29 is 29.0 Å². The number of methoxy groups -OCH3 is 1. The second-order valence-corrected chi connectivity index (χ2v) is 5.85. The molecule has 136 valence electrons. The maximum absolute atomic E-state index is 12.6. The van der Waals surface area contributed by atoms with Gasteiger partial charge in [-0.05, 0) is 48.0 Å². The normalized spacial score (nSPS) is 15.3. The molecule has 1 N–H and O–H groups in total. The lowest BCUT2D eigenvalue weighted by Gasteiger charge is -2.13. The van der Waals surface area contributed by atoms with Crippen LogP contribution in [0.1, 0.15) is 32.7 Å². The number of carbonyl (C=O) groups is 4. The summed E-state index contributed by atoms with van der Waals surface area (Å²) in [5.74, 6) is -2.39. The van der Waals surface area contributed by atoms with Crippen molar-refractivity contribution in [1.29, 1.82) is 0 Å². The molecule has 7 nitrogen and oxygen atoms in total. The molecule has 2 aromatic rings. The Kier molecular flexibility index (Phi) is 4.85. The van der Waals surface area contributed by atoms with Gasteiger partial charge in [0, 0.05) is 5.57 Å². The number of nitrogens with zero attached hydrogens (tertiary/aromatic N) is 1. The van der Waals surface area contributed by atoms with Gasteiger partial charge in [-0.3, -0.25) is 9.59 Å². The number of imide groups is 1. The van der Waals surface area contributed by atoms with Gasteiger partial charge >= 0.3 is 11.9 Å². The second-order valence-electron chi connectivity index (χ2n) is 5.85. The van der Waals surface area contributed by atoms with Crippen molar-refractivity contribution in [1.82, 2.24) is 0 Å². The number of rotatable bonds is 4. The Morgan fingerprint density at radius 2 is 1.59 bits per heavy atom. The van der Waals surface area contributed by atoms with E-state index in [0.29, 0.717) is 22.4 Å². The molecule has 0 radical (unpaired) electrons. The molecule has 0 unspecified atom stereocenters. The zero-order chi connectivity index (χ0) is 19.6. The largest absolute Gasteiger partial charge is 0.478 e. The maximum Gasteiger partial charge on any atom is 0.337 e. The molecule has 2 amide bonds. The Morgan fingerprint density at radius 3 is 2.15 bits per heavy atom. The summed E-state index contributed by atoms with van der Waals surface area (Å²) in [6.45, 7) is 0. The number of hydrogen-bond acceptors (Lipinski definition) is 5. The molecular formula is C20H15NO6. The van der Waals surface area contributed by atoms with Gasteiger partial charge in [0.2, 0.25) is 5.91 Å². The van der Waals surface area contributed by atoms with E-state index in [-0.39, 0.29) is 17.9 Å². The van der Waals surface area contributed by atoms with Crippen molar-refractivity contribution >= 4 is 35.5 Å². The van der Waals surface area contributed by atoms with Gasteiger partial charge in [-0.25, -0.2) is 14.5 Å². The van der Waals surface area contributed by atoms with E-state index in [4.69, 9.17) is 5.11 Å². The molecule has 1 saturated heterocycles. The molecule has 7 heteroatoms. The third kappa shape index (κ3) is 3.62. The minimum absolute atomic E-state index is 0.0573. The molecule has 3 rings (SSSR count). The summed E-state index contributed by atoms with van der Waals surface area (Å²) >= 11 is 0. The van der Waals surface area contributed by atoms with Crippen LogP contribution in [0.3, 0.4) is 0 Å². The van der Waals surface area contributed by atoms with Crippen LogP contribution in [0.4, 0.5) is 5.69 Å². The highest BCUT2D eigenvalue weighted by Crippen LogP contribution is 2.27. The summed E-state index contributed by atoms with van der Waals surface area (Å²) in [7, 11) is 1.29. The first-order valence-corrected chi connectivity index (χ1v) is 8.00. The number of aromatic carboxylic acids is 1. The van der Waals surface area contributed by atoms with Crippen LogP contribution < -0.4 is 4.90 Å². The van der Waals surface area contributed by atoms with Crippen molar-refractivity contribution in [3.8, 4) is 0 Å². The molecule has 0 saturated carbocycles. The van der Waals surface area contributed by atoms with Gasteiger partial charge in [-0.1, -0.05) is 12.1 Å². The minimum Gasteiger partial charge on any atom is -0.478 e. The number of carboxylic acid groups (broad SMARTS) is 1. The quantitative estimate of drug-likeness (QED) is 0.508. The van der Waals surface area contributed by atoms with Gasteiger partial charge in [0.15, 0.2) is 0 Å². The Hall–Kier alpha value is -3.74. The fraction of sp³-hybridized carbons (Fsp3) is 0.100. The van der Waals surface area contributed by atoms with Gasteiger partial charge in [0.05, 0.1) is 30.3 Å². The van der Waals surface area contributed by atoms with Crippen molar-refractivity contribution in [3.63, 3.8) is 0 Å². The van der Waals surface area contributed by atoms with Gasteiger partial charge in [-0.2, -0.15) is 0 Å². The van der Waals surface area contributed by atoms with Crippen LogP contribution in [-0.2, 0) is 14.3 Å². The van der Waals surface area contributed by atoms with Crippen molar-refractivity contribution in [2.75, 3.05) is 12.0 Å². The second kappa shape index (κ2) is 7.25. The number of carbonyl (C=O) groups excluding carboxylic acids is 3. The zero-order valence-electron chi connectivity index (χ0n) is 14.3. The molecule has 0 bridgehead atoms. The van der Waals surface area contributed by atoms with E-state index >= 15 is 0 Å². The van der Waals surface area contributed by atoms with E-state index in [9.17, 15) is 19.2 Å². The molecule has 27 heavy (non-hydrogen) atoms. The summed E-state index contributed by atoms with van der Waals surface area (Å²) in [5.41, 5.74) is 1.75. The summed E-state index contributed by atoms with van der Waals surface area (Å²) in [6.07, 6.45) is 1.53. The minimum atomic E-state index is -1.09. The number of ether oxygens (including phenoxy) is 1. The van der Waals surface area contributed by atoms with Crippen molar-refractivity contribution in [3.05, 3.63) is 70.8 Å². The van der Waals surface area contributed by atoms with E-state index in [1.807, 2.05) is 0 Å². The number of amides is 2. The standard InChI is InChI=1S/C20H15NO6/c1-27-20(26)14-4-2-12(3-5-14)10-15-11-17(22)21(18(15)23)16-8-6-13(7-9-16)19(24)25/h2-10H,11H2,1H3,(H,24,25)/b15-10+. The highest BCUT2D eigenvalue weighted by molar-refractivity contribution is 6.29. The number of hydrogen-bond donors (Lipinski definition) is 1. The predicted molar refractivity (Wildman–Crippen MR) is 96.3 cm³/mol. The third-order valence-corrected chi connectivity index (χ3v) is 4.11. The number of esters is 1. The molecule has 1 heterocycles. The van der Waals surface area contributed by atoms with Crippen LogP contribution in [0.25, 0.3) is 6.08 Å². The topological polar surface area (TPSA) is 101 Å². The first-order chi connectivity index (χ1) is 12.9. The molecule has 0 atom stereocenters. The Labute approximate surface area is 154 Å². The van der Waals surface area contributed by atoms with Gasteiger partial charge in [-0.15, -0.1) is 0 Å². The van der Waals surface area contributed by atoms with Gasteiger partial charge < -0.3 is 9.84 Å². The predicted octanol–water partition coefficient (Wildman–Crippen LogP) is 2.52. The van der Waals surface area contributed by atoms with Crippen LogP contribution in [0, 0.1) is 0 Å². The van der Waals surface area contributed by atoms with E-state index in [2.05, 4.69) is 4.74 Å². The van der Waals surface area contributed by atoms with E-state index in [1.54, 1.807) is 30.3 Å². The molecule has 0 aromatic heterocycles. The van der Waals surface area contributed by atoms with Gasteiger partial charge in [0.25, 0.3) is 5.91 Å². The summed E-state index contributed by atoms with van der Waals surface area (Å²) < 4.78 is 4.63. The maximum atomic E-state index is 12.6. The summed E-state index contributed by atoms with van der Waals surface area (Å²) in [5, 5.41) is 8.94. The van der Waals surface area contributed by atoms with Crippen LogP contribution in [0.2, 0.25) is 0 Å². The monoisotopic (exact) mass is 365 g/mol. The van der Waals surface area contributed by atoms with E-state index in [0.717, 1.165) is 4.90 Å². The average molecular weight is 365 g/mol. The highest BCUT2D eigenvalue weighted by Gasteiger charge is 2.34. The van der Waals surface area contributed by atoms with Crippen LogP contribution in [-0.4, -0.2) is 36.0 Å². The summed E-state index contributed by atoms with van der Waals surface area (Å²) in [4.78, 5) is 48.3. The molecule has 0 aliphatic carbocycles. The first-order valence-electron chi connectivity index (χ1n) is 8.00. The third-order valence-electron chi connectivity index (χ3n) is 4.11. The fourth-order valence-electron chi connectivity index (χ4n) is 2.74. The van der Waals surface area contributed by atoms with Crippen LogP contribution in [0.5, 0.6) is 0 Å². The Morgan fingerprint density at radius 1 is 1.00 bits per heavy atom. The van der Waals surface area contributed by atoms with E-state index < -0.39 is 17.8 Å². The van der Waals surface area contributed by atoms with Crippen molar-refractivity contribution in [2.45, 2.75) is 6.42 Å². The molecule has 1 aliphatic heterocycles. The summed E-state index contributed by atoms with van der Waals surface area (Å²) in [6, 6.07) is 12.0. The van der Waals surface area contributed by atoms with E-state index in [1.165, 1.54) is 31.4 Å². The smallest absolute Gasteiger partial charge is 0.337 e. The van der Waals surface area contributed by atoms with Crippen molar-refractivity contribution in [2.24, 2.45) is 0 Å². The van der Waals surface area contributed by atoms with Crippen LogP contribution >= 0.6 is 0 Å². The molecular weight excluding hydrogens is 350 g/mol. The van der Waals surface area contributed by atoms with Crippen LogP contribution in [0.15, 0.2) is 54.1 Å². The fourth-order valence-corrected chi connectivity index (χ4v) is 2.74. The number of benzene rings is 2.